The van der Waals surface area contributed by atoms with Gasteiger partial charge in [-0.2, -0.15) is 0 Å². The molecule has 0 spiro atoms. The van der Waals surface area contributed by atoms with Gasteiger partial charge in [0.2, 0.25) is 5.91 Å². The lowest BCUT2D eigenvalue weighted by molar-refractivity contribution is -0.116. The Labute approximate surface area is 150 Å². The van der Waals surface area contributed by atoms with Gasteiger partial charge in [-0.25, -0.2) is 0 Å². The molecule has 1 aromatic carbocycles. The van der Waals surface area contributed by atoms with Crippen LogP contribution in [0.25, 0.3) is 0 Å². The average Bonchev–Trinajstić information content (AvgIpc) is 2.61. The van der Waals surface area contributed by atoms with Crippen LogP contribution < -0.4 is 10.6 Å². The second-order valence-corrected chi connectivity index (χ2v) is 7.01. The van der Waals surface area contributed by atoms with Gasteiger partial charge in [0.15, 0.2) is 0 Å². The third-order valence-corrected chi connectivity index (χ3v) is 5.18. The molecule has 0 bridgehead atoms. The highest BCUT2D eigenvalue weighted by Crippen LogP contribution is 2.28. The zero-order valence-corrected chi connectivity index (χ0v) is 15.3. The van der Waals surface area contributed by atoms with Crippen molar-refractivity contribution in [3.8, 4) is 0 Å². The first kappa shape index (κ1) is 17.6. The average molecular weight is 337 g/mol. The summed E-state index contributed by atoms with van der Waals surface area (Å²) in [5.41, 5.74) is 5.62. The quantitative estimate of drug-likeness (QED) is 0.879. The first-order valence-corrected chi connectivity index (χ1v) is 9.07. The van der Waals surface area contributed by atoms with Crippen LogP contribution in [0.3, 0.4) is 0 Å². The Bertz CT molecular complexity index is 725. The number of amides is 1. The molecule has 1 unspecified atom stereocenters. The topological polar surface area (TPSA) is 53.5 Å². The smallest absolute Gasteiger partial charge is 0.225 e. The standard InChI is InChI=1S/C21H27N3O/c1-14-5-4-6-15(2)20(14)24-19(25)13-18-9-12-23-21(16(18)3)17-7-10-22-11-8-17/h4-7,9,12,16,18,22H,8,10-11,13H2,1-3H3,(H,24,25)/t16-,18?/m1/s1. The molecule has 4 heteroatoms. The van der Waals surface area contributed by atoms with E-state index in [1.54, 1.807) is 0 Å². The number of rotatable bonds is 4. The highest BCUT2D eigenvalue weighted by molar-refractivity contribution is 6.03. The molecule has 2 aliphatic heterocycles. The van der Waals surface area contributed by atoms with E-state index in [2.05, 4.69) is 34.7 Å². The number of hydrogen-bond acceptors (Lipinski definition) is 3. The monoisotopic (exact) mass is 337 g/mol. The SMILES string of the molecule is Cc1cccc(C)c1NC(=O)CC1C=CN=C(C2=CCNCC2)[C@@H]1C. The van der Waals surface area contributed by atoms with E-state index < -0.39 is 0 Å². The summed E-state index contributed by atoms with van der Waals surface area (Å²) >= 11 is 0. The Kier molecular flexibility index (Phi) is 5.49. The summed E-state index contributed by atoms with van der Waals surface area (Å²) in [6.45, 7) is 8.14. The van der Waals surface area contributed by atoms with Crippen molar-refractivity contribution in [3.63, 3.8) is 0 Å². The Morgan fingerprint density at radius 2 is 2.08 bits per heavy atom. The molecule has 0 saturated carbocycles. The number of benzene rings is 1. The van der Waals surface area contributed by atoms with Crippen molar-refractivity contribution in [1.29, 1.82) is 0 Å². The third-order valence-electron chi connectivity index (χ3n) is 5.18. The lowest BCUT2D eigenvalue weighted by Gasteiger charge is -2.28. The molecule has 0 aromatic heterocycles. The van der Waals surface area contributed by atoms with Crippen LogP contribution in [0, 0.1) is 25.7 Å². The van der Waals surface area contributed by atoms with Crippen molar-refractivity contribution >= 4 is 17.3 Å². The largest absolute Gasteiger partial charge is 0.326 e. The first-order valence-electron chi connectivity index (χ1n) is 9.07. The summed E-state index contributed by atoms with van der Waals surface area (Å²) in [6.07, 6.45) is 7.66. The number of aliphatic imine (C=N–C) groups is 1. The minimum atomic E-state index is 0.0689. The van der Waals surface area contributed by atoms with Gasteiger partial charge in [-0.05, 0) is 49.4 Å². The number of carbonyl (C=O) groups excluding carboxylic acids is 1. The van der Waals surface area contributed by atoms with E-state index in [1.165, 1.54) is 5.57 Å². The first-order chi connectivity index (χ1) is 12.1. The van der Waals surface area contributed by atoms with Crippen molar-refractivity contribution in [2.45, 2.75) is 33.6 Å². The van der Waals surface area contributed by atoms with Crippen molar-refractivity contribution in [1.82, 2.24) is 5.32 Å². The molecule has 2 atom stereocenters. The Hall–Kier alpha value is -2.20. The Morgan fingerprint density at radius 1 is 1.32 bits per heavy atom. The van der Waals surface area contributed by atoms with E-state index in [0.29, 0.717) is 6.42 Å². The molecule has 4 nitrogen and oxygen atoms in total. The maximum Gasteiger partial charge on any atom is 0.225 e. The number of hydrogen-bond donors (Lipinski definition) is 2. The maximum absolute atomic E-state index is 12.6. The van der Waals surface area contributed by atoms with Crippen LogP contribution in [0.2, 0.25) is 0 Å². The maximum atomic E-state index is 12.6. The lowest BCUT2D eigenvalue weighted by Crippen LogP contribution is -2.31. The fraction of sp³-hybridized carbons (Fsp3) is 0.429. The number of para-hydroxylation sites is 1. The summed E-state index contributed by atoms with van der Waals surface area (Å²) < 4.78 is 0. The number of anilines is 1. The predicted octanol–water partition coefficient (Wildman–Crippen LogP) is 3.77. The predicted molar refractivity (Wildman–Crippen MR) is 104 cm³/mol. The van der Waals surface area contributed by atoms with Gasteiger partial charge < -0.3 is 10.6 Å². The molecular formula is C21H27N3O. The second-order valence-electron chi connectivity index (χ2n) is 7.01. The molecular weight excluding hydrogens is 310 g/mol. The van der Waals surface area contributed by atoms with Gasteiger partial charge in [-0.1, -0.05) is 37.3 Å². The van der Waals surface area contributed by atoms with Crippen LogP contribution >= 0.6 is 0 Å². The van der Waals surface area contributed by atoms with Crippen LogP contribution in [0.1, 0.15) is 30.9 Å². The molecule has 0 radical (unpaired) electrons. The molecule has 3 rings (SSSR count). The molecule has 25 heavy (non-hydrogen) atoms. The number of nitrogens with one attached hydrogen (secondary N) is 2. The van der Waals surface area contributed by atoms with Gasteiger partial charge >= 0.3 is 0 Å². The lowest BCUT2D eigenvalue weighted by atomic mass is 9.81. The van der Waals surface area contributed by atoms with Crippen LogP contribution in [-0.4, -0.2) is 24.7 Å². The summed E-state index contributed by atoms with van der Waals surface area (Å²) in [4.78, 5) is 17.2. The number of aryl methyl sites for hydroxylation is 2. The van der Waals surface area contributed by atoms with Crippen molar-refractivity contribution in [3.05, 3.63) is 53.3 Å². The molecule has 132 valence electrons. The number of carbonyl (C=O) groups is 1. The normalized spacial score (nSPS) is 23.0. The molecule has 2 heterocycles. The Morgan fingerprint density at radius 3 is 2.76 bits per heavy atom. The van der Waals surface area contributed by atoms with E-state index in [-0.39, 0.29) is 17.7 Å². The minimum Gasteiger partial charge on any atom is -0.326 e. The second kappa shape index (κ2) is 7.79. The van der Waals surface area contributed by atoms with Gasteiger partial charge in [0.05, 0.1) is 0 Å². The highest BCUT2D eigenvalue weighted by Gasteiger charge is 2.27. The summed E-state index contributed by atoms with van der Waals surface area (Å²) in [5.74, 6) is 0.519. The molecule has 2 N–H and O–H groups in total. The summed E-state index contributed by atoms with van der Waals surface area (Å²) in [6, 6.07) is 6.07. The van der Waals surface area contributed by atoms with Crippen LogP contribution in [0.15, 0.2) is 47.1 Å². The van der Waals surface area contributed by atoms with E-state index in [0.717, 1.165) is 42.0 Å². The molecule has 2 aliphatic rings. The van der Waals surface area contributed by atoms with E-state index in [9.17, 15) is 4.79 Å². The van der Waals surface area contributed by atoms with Crippen LogP contribution in [0.5, 0.6) is 0 Å². The van der Waals surface area contributed by atoms with E-state index in [1.807, 2.05) is 38.2 Å². The number of nitrogens with zero attached hydrogens (tertiary/aromatic N) is 1. The van der Waals surface area contributed by atoms with E-state index in [4.69, 9.17) is 0 Å². The fourth-order valence-electron chi connectivity index (χ4n) is 3.61. The van der Waals surface area contributed by atoms with Gasteiger partial charge in [0, 0.05) is 36.5 Å². The van der Waals surface area contributed by atoms with Gasteiger partial charge in [-0.3, -0.25) is 9.79 Å². The van der Waals surface area contributed by atoms with Crippen molar-refractivity contribution < 1.29 is 4.79 Å². The Balaban J connectivity index is 1.67. The minimum absolute atomic E-state index is 0.0689. The third kappa shape index (κ3) is 4.07. The van der Waals surface area contributed by atoms with Crippen LogP contribution in [0.4, 0.5) is 5.69 Å². The zero-order valence-electron chi connectivity index (χ0n) is 15.3. The van der Waals surface area contributed by atoms with Gasteiger partial charge in [0.1, 0.15) is 0 Å². The van der Waals surface area contributed by atoms with Gasteiger partial charge in [0.25, 0.3) is 0 Å². The highest BCUT2D eigenvalue weighted by atomic mass is 16.1. The van der Waals surface area contributed by atoms with Gasteiger partial charge in [-0.15, -0.1) is 0 Å². The molecule has 0 aliphatic carbocycles. The summed E-state index contributed by atoms with van der Waals surface area (Å²) in [7, 11) is 0. The fourth-order valence-corrected chi connectivity index (χ4v) is 3.61. The molecule has 0 saturated heterocycles. The molecule has 1 amide bonds. The number of allylic oxidation sites excluding steroid dienone is 1. The van der Waals surface area contributed by atoms with Crippen molar-refractivity contribution in [2.24, 2.45) is 16.8 Å². The van der Waals surface area contributed by atoms with Crippen LogP contribution in [-0.2, 0) is 4.79 Å². The summed E-state index contributed by atoms with van der Waals surface area (Å²) in [5, 5.41) is 6.44. The zero-order chi connectivity index (χ0) is 17.8. The van der Waals surface area contributed by atoms with Crippen molar-refractivity contribution in [2.75, 3.05) is 18.4 Å². The molecule has 0 fully saturated rings. The van der Waals surface area contributed by atoms with E-state index >= 15 is 0 Å². The molecule has 1 aromatic rings.